The van der Waals surface area contributed by atoms with Gasteiger partial charge in [0.15, 0.2) is 0 Å². The highest BCUT2D eigenvalue weighted by atomic mass is 19.1. The van der Waals surface area contributed by atoms with Gasteiger partial charge in [0.2, 0.25) is 5.79 Å². The van der Waals surface area contributed by atoms with Crippen LogP contribution in [0.4, 0.5) is 9.18 Å². The van der Waals surface area contributed by atoms with Crippen LogP contribution in [0.2, 0.25) is 0 Å². The maximum Gasteiger partial charge on any atom is 0.410 e. The number of hydrogen-bond acceptors (Lipinski definition) is 11. The molecule has 3 aliphatic rings. The average molecular weight is 811 g/mol. The first-order chi connectivity index (χ1) is 28.0. The lowest BCUT2D eigenvalue weighted by molar-refractivity contribution is -0.256. The molecular weight excluding hydrogens is 747 g/mol. The Labute approximate surface area is 342 Å². The molecule has 1 saturated carbocycles. The molecule has 2 aromatic rings. The lowest BCUT2D eigenvalue weighted by Crippen LogP contribution is -2.70. The second-order valence-corrected chi connectivity index (χ2v) is 16.1. The first-order valence-electron chi connectivity index (χ1n) is 20.8. The topological polar surface area (TPSA) is 149 Å². The highest BCUT2D eigenvalue weighted by Gasteiger charge is 2.65. The number of ether oxygens (including phenoxy) is 5. The van der Waals surface area contributed by atoms with Crippen LogP contribution < -0.4 is 9.47 Å². The molecule has 0 aromatic heterocycles. The number of unbranched alkanes of at least 4 members (excludes halogenated alkanes) is 2. The Hall–Kier alpha value is -4.01. The summed E-state index contributed by atoms with van der Waals surface area (Å²) in [5.41, 5.74) is 2.23. The predicted molar refractivity (Wildman–Crippen MR) is 218 cm³/mol. The fourth-order valence-electron chi connectivity index (χ4n) is 8.62. The van der Waals surface area contributed by atoms with E-state index in [9.17, 15) is 24.5 Å². The lowest BCUT2D eigenvalue weighted by Gasteiger charge is -2.59. The number of oxime groups is 1. The molecule has 5 rings (SSSR count). The van der Waals surface area contributed by atoms with Crippen molar-refractivity contribution in [3.63, 3.8) is 0 Å². The zero-order valence-corrected chi connectivity index (χ0v) is 34.6. The molecule has 3 N–H and O–H groups in total. The highest BCUT2D eigenvalue weighted by Crippen LogP contribution is 2.62. The van der Waals surface area contributed by atoms with Crippen molar-refractivity contribution in [2.24, 2.45) is 22.9 Å². The number of aliphatic hydroxyl groups is 3. The van der Waals surface area contributed by atoms with Crippen LogP contribution in [0.15, 0.2) is 71.9 Å². The number of carbonyl (C=O) groups is 1. The van der Waals surface area contributed by atoms with Gasteiger partial charge in [0.1, 0.15) is 35.6 Å². The molecule has 12 nitrogen and oxygen atoms in total. The van der Waals surface area contributed by atoms with Gasteiger partial charge in [0, 0.05) is 43.2 Å². The normalized spacial score (nSPS) is 24.2. The Morgan fingerprint density at radius 3 is 2.50 bits per heavy atom. The molecule has 0 radical (unpaired) electrons. The zero-order chi connectivity index (χ0) is 41.7. The van der Waals surface area contributed by atoms with Crippen LogP contribution in [-0.4, -0.2) is 102 Å². The first kappa shape index (κ1) is 45.1. The molecule has 58 heavy (non-hydrogen) atoms. The Balaban J connectivity index is 1.76. The van der Waals surface area contributed by atoms with Gasteiger partial charge in [-0.25, -0.2) is 9.18 Å². The number of rotatable bonds is 22. The number of hydrogen-bond donors (Lipinski definition) is 3. The summed E-state index contributed by atoms with van der Waals surface area (Å²) in [5, 5.41) is 34.0. The third-order valence-corrected chi connectivity index (χ3v) is 11.0. The number of carbonyl (C=O) groups excluding carboxylic acids is 1. The number of allylic oxidation sites excluding steroid dienone is 1. The molecule has 2 aromatic carbocycles. The van der Waals surface area contributed by atoms with E-state index in [4.69, 9.17) is 33.7 Å². The van der Waals surface area contributed by atoms with E-state index in [1.807, 2.05) is 32.9 Å². The lowest BCUT2D eigenvalue weighted by atomic mass is 9.55. The van der Waals surface area contributed by atoms with Crippen molar-refractivity contribution in [1.29, 1.82) is 0 Å². The molecule has 1 fully saturated rings. The van der Waals surface area contributed by atoms with Crippen molar-refractivity contribution in [1.82, 2.24) is 4.90 Å². The number of halogens is 1. The molecule has 1 heterocycles. The fraction of sp³-hybridized carbons (Fsp3) is 0.600. The van der Waals surface area contributed by atoms with Gasteiger partial charge in [-0.1, -0.05) is 48.3 Å². The van der Waals surface area contributed by atoms with E-state index >= 15 is 0 Å². The van der Waals surface area contributed by atoms with Crippen molar-refractivity contribution < 1.29 is 53.0 Å². The van der Waals surface area contributed by atoms with E-state index in [2.05, 4.69) is 12.7 Å². The summed E-state index contributed by atoms with van der Waals surface area (Å²) in [6.07, 6.45) is 7.95. The van der Waals surface area contributed by atoms with Gasteiger partial charge >= 0.3 is 6.09 Å². The average Bonchev–Trinajstić information content (AvgIpc) is 3.20. The van der Waals surface area contributed by atoms with Gasteiger partial charge in [-0.15, -0.1) is 6.58 Å². The fourth-order valence-corrected chi connectivity index (χ4v) is 8.62. The molecule has 1 aliphatic heterocycles. The number of fused-ring (bicyclic) bond motifs is 2. The molecule has 0 spiro atoms. The molecular formula is C45H63FN2O10. The highest BCUT2D eigenvalue weighted by molar-refractivity contribution is 6.03. The van der Waals surface area contributed by atoms with Crippen molar-refractivity contribution in [3.8, 4) is 11.5 Å². The van der Waals surface area contributed by atoms with Crippen molar-refractivity contribution in [3.05, 3.63) is 83.7 Å². The van der Waals surface area contributed by atoms with E-state index < -0.39 is 29.4 Å². The van der Waals surface area contributed by atoms with Crippen LogP contribution >= 0.6 is 0 Å². The van der Waals surface area contributed by atoms with Gasteiger partial charge in [0.25, 0.3) is 0 Å². The Morgan fingerprint density at radius 1 is 1.05 bits per heavy atom. The molecule has 0 unspecified atom stereocenters. The summed E-state index contributed by atoms with van der Waals surface area (Å²) in [4.78, 5) is 21.9. The number of aliphatic hydroxyl groups excluding tert-OH is 3. The van der Waals surface area contributed by atoms with E-state index in [0.717, 1.165) is 36.8 Å². The van der Waals surface area contributed by atoms with Crippen LogP contribution in [0.25, 0.3) is 0 Å². The van der Waals surface area contributed by atoms with Crippen molar-refractivity contribution in [2.75, 3.05) is 52.8 Å². The quantitative estimate of drug-likeness (QED) is 0.0629. The summed E-state index contributed by atoms with van der Waals surface area (Å²) < 4.78 is 46.5. The van der Waals surface area contributed by atoms with Gasteiger partial charge in [0.05, 0.1) is 44.7 Å². The predicted octanol–water partition coefficient (Wildman–Crippen LogP) is 7.30. The van der Waals surface area contributed by atoms with Crippen LogP contribution in [0.5, 0.6) is 11.5 Å². The standard InChI is InChI=1S/C45H63FN2O10/c1-6-24-56-45-40(48(43(52)54-7-2)20-25-53-26-23-51)29-38(47-58-44(3,4)5)35-27-31(14-10-12-21-49)34(16-11-13-22-50)41(42(35)45)36-28-33(18-19-39(36)57-45)55-30-32-15-8-9-17-37(32)46/h6,8-9,15,17-19,27-28,31,34,40-42,49-51H,1,7,10-14,16,20-26,29-30H2,2-5H3/t31-,34+,40-,41+,42+,45+/m0/s1. The summed E-state index contributed by atoms with van der Waals surface area (Å²) >= 11 is 0. The molecule has 13 heteroatoms. The van der Waals surface area contributed by atoms with Crippen LogP contribution in [0.3, 0.4) is 0 Å². The summed E-state index contributed by atoms with van der Waals surface area (Å²) in [6.45, 7) is 12.1. The van der Waals surface area contributed by atoms with Crippen LogP contribution in [0.1, 0.15) is 89.7 Å². The minimum absolute atomic E-state index is 0.00244. The number of nitrogens with zero attached hydrogens (tertiary/aromatic N) is 2. The van der Waals surface area contributed by atoms with Crippen LogP contribution in [0, 0.1) is 23.6 Å². The Bertz CT molecular complexity index is 1710. The van der Waals surface area contributed by atoms with Crippen molar-refractivity contribution >= 4 is 11.8 Å². The van der Waals surface area contributed by atoms with E-state index in [0.29, 0.717) is 35.6 Å². The SMILES string of the molecule is C=CCO[C@@]12Oc3ccc(OCc4ccccc4F)cc3[C@H]3[C@H](CCCCO)[C@@H](CCCCO)C=C(C(=NOC(C)(C)C)C[C@@H]1N(CCOCCO)C(=O)OCC)[C@H]32. The minimum atomic E-state index is -1.48. The van der Waals surface area contributed by atoms with Crippen molar-refractivity contribution in [2.45, 2.75) is 103 Å². The number of benzene rings is 2. The third kappa shape index (κ3) is 10.8. The van der Waals surface area contributed by atoms with Crippen LogP contribution in [-0.2, 0) is 25.7 Å². The second kappa shape index (κ2) is 21.3. The minimum Gasteiger partial charge on any atom is -0.489 e. The maximum atomic E-state index is 14.7. The van der Waals surface area contributed by atoms with Gasteiger partial charge in [-0.3, -0.25) is 4.90 Å². The number of amides is 1. The zero-order valence-electron chi connectivity index (χ0n) is 34.6. The molecule has 0 saturated heterocycles. The van der Waals surface area contributed by atoms with E-state index in [1.165, 1.54) is 6.07 Å². The monoisotopic (exact) mass is 810 g/mol. The second-order valence-electron chi connectivity index (χ2n) is 16.1. The molecule has 320 valence electrons. The smallest absolute Gasteiger partial charge is 0.410 e. The van der Waals surface area contributed by atoms with Gasteiger partial charge in [-0.05, 0) is 95.1 Å². The Kier molecular flexibility index (Phi) is 16.6. The van der Waals surface area contributed by atoms with E-state index in [1.54, 1.807) is 42.2 Å². The molecule has 1 amide bonds. The molecule has 0 bridgehead atoms. The summed E-state index contributed by atoms with van der Waals surface area (Å²) in [6, 6.07) is 11.4. The largest absolute Gasteiger partial charge is 0.489 e. The summed E-state index contributed by atoms with van der Waals surface area (Å²) in [5.74, 6) is -1.51. The maximum absolute atomic E-state index is 14.7. The van der Waals surface area contributed by atoms with E-state index in [-0.39, 0.29) is 89.4 Å². The van der Waals surface area contributed by atoms with Gasteiger partial charge < -0.3 is 43.8 Å². The molecule has 6 atom stereocenters. The van der Waals surface area contributed by atoms with Gasteiger partial charge in [-0.2, -0.15) is 0 Å². The molecule has 2 aliphatic carbocycles. The third-order valence-electron chi connectivity index (χ3n) is 11.0. The Morgan fingerprint density at radius 2 is 1.81 bits per heavy atom. The first-order valence-corrected chi connectivity index (χ1v) is 20.8. The summed E-state index contributed by atoms with van der Waals surface area (Å²) in [7, 11) is 0.